The molecule has 0 aromatic heterocycles. The molecule has 2 N–H and O–H groups in total. The van der Waals surface area contributed by atoms with E-state index in [4.69, 9.17) is 16.3 Å². The first-order valence-corrected chi connectivity index (χ1v) is 10.5. The molecule has 0 saturated heterocycles. The summed E-state index contributed by atoms with van der Waals surface area (Å²) in [5.41, 5.74) is 2.84. The van der Waals surface area contributed by atoms with Crippen LogP contribution in [-0.2, 0) is 4.79 Å². The molecule has 2 aromatic carbocycles. The Morgan fingerprint density at radius 2 is 1.93 bits per heavy atom. The number of allylic oxidation sites excluding steroid dienone is 2. The van der Waals surface area contributed by atoms with Crippen molar-refractivity contribution in [1.29, 1.82) is 5.26 Å². The van der Waals surface area contributed by atoms with Gasteiger partial charge in [0, 0.05) is 16.3 Å². The number of benzene rings is 2. The van der Waals surface area contributed by atoms with Gasteiger partial charge in [0.05, 0.1) is 35.4 Å². The highest BCUT2D eigenvalue weighted by molar-refractivity contribution is 8.02. The third-order valence-corrected chi connectivity index (χ3v) is 5.74. The lowest BCUT2D eigenvalue weighted by molar-refractivity contribution is -0.113. The van der Waals surface area contributed by atoms with Gasteiger partial charge in [0.25, 0.3) is 5.91 Å². The monoisotopic (exact) mass is 425 g/mol. The summed E-state index contributed by atoms with van der Waals surface area (Å²) in [5.74, 6) is -0.345. The number of hydrogen-bond donors (Lipinski definition) is 2. The van der Waals surface area contributed by atoms with E-state index in [9.17, 15) is 10.1 Å². The zero-order chi connectivity index (χ0) is 21.0. The maximum absolute atomic E-state index is 13.4. The van der Waals surface area contributed by atoms with Gasteiger partial charge in [-0.1, -0.05) is 41.9 Å². The molecular weight excluding hydrogens is 406 g/mol. The number of halogens is 1. The number of hydrogen-bond acceptors (Lipinski definition) is 5. The normalized spacial score (nSPS) is 16.2. The first-order valence-electron chi connectivity index (χ1n) is 8.86. The minimum atomic E-state index is -0.577. The number of methoxy groups -OCH3 is 1. The summed E-state index contributed by atoms with van der Waals surface area (Å²) < 4.78 is 5.34. The summed E-state index contributed by atoms with van der Waals surface area (Å²) in [5, 5.41) is 17.2. The lowest BCUT2D eigenvalue weighted by Crippen LogP contribution is -2.30. The molecular formula is C22H20ClN3O2S. The van der Waals surface area contributed by atoms with E-state index < -0.39 is 5.92 Å². The highest BCUT2D eigenvalue weighted by Gasteiger charge is 2.35. The second-order valence-electron chi connectivity index (χ2n) is 6.33. The molecule has 0 fully saturated rings. The van der Waals surface area contributed by atoms with Crippen molar-refractivity contribution in [3.05, 3.63) is 81.0 Å². The van der Waals surface area contributed by atoms with Gasteiger partial charge in [0.15, 0.2) is 0 Å². The van der Waals surface area contributed by atoms with Crippen LogP contribution in [-0.4, -0.2) is 19.3 Å². The molecule has 0 radical (unpaired) electrons. The summed E-state index contributed by atoms with van der Waals surface area (Å²) in [6.45, 7) is 1.82. The van der Waals surface area contributed by atoms with Crippen molar-refractivity contribution < 1.29 is 9.53 Å². The topological polar surface area (TPSA) is 74.2 Å². The van der Waals surface area contributed by atoms with Gasteiger partial charge < -0.3 is 15.4 Å². The van der Waals surface area contributed by atoms with Gasteiger partial charge in [-0.15, -0.1) is 11.8 Å². The second kappa shape index (κ2) is 9.08. The Labute approximate surface area is 179 Å². The van der Waals surface area contributed by atoms with Crippen LogP contribution in [0.5, 0.6) is 5.75 Å². The standard InChI is InChI=1S/C22H20ClN3O2S/c1-13-19(21(27)26-17-10-6-7-11-18(17)28-2)20(14-8-4-5-9-16(14)23)15(12-24)22(25-13)29-3/h4-11,20,25H,1-3H3,(H,26,27). The SMILES string of the molecule is COc1ccccc1NC(=O)C1=C(C)NC(SC)=C(C#N)C1c1ccccc1Cl. The Morgan fingerprint density at radius 3 is 2.59 bits per heavy atom. The molecule has 0 aliphatic carbocycles. The molecule has 2 aromatic rings. The quantitative estimate of drug-likeness (QED) is 0.701. The van der Waals surface area contributed by atoms with Gasteiger partial charge >= 0.3 is 0 Å². The summed E-state index contributed by atoms with van der Waals surface area (Å²) >= 11 is 7.89. The van der Waals surface area contributed by atoms with Crippen molar-refractivity contribution in [2.75, 3.05) is 18.7 Å². The summed E-state index contributed by atoms with van der Waals surface area (Å²) in [6.07, 6.45) is 1.89. The number of para-hydroxylation sites is 2. The molecule has 7 heteroatoms. The number of nitrogens with zero attached hydrogens (tertiary/aromatic N) is 1. The molecule has 1 amide bonds. The minimum Gasteiger partial charge on any atom is -0.495 e. The third kappa shape index (κ3) is 4.12. The van der Waals surface area contributed by atoms with Gasteiger partial charge in [0.2, 0.25) is 0 Å². The highest BCUT2D eigenvalue weighted by atomic mass is 35.5. The van der Waals surface area contributed by atoms with Crippen LogP contribution < -0.4 is 15.4 Å². The maximum Gasteiger partial charge on any atom is 0.254 e. The van der Waals surface area contributed by atoms with Gasteiger partial charge in [-0.25, -0.2) is 0 Å². The van der Waals surface area contributed by atoms with Crippen molar-refractivity contribution in [3.8, 4) is 11.8 Å². The average Bonchev–Trinajstić information content (AvgIpc) is 2.73. The Morgan fingerprint density at radius 1 is 1.24 bits per heavy atom. The van der Waals surface area contributed by atoms with Gasteiger partial charge in [-0.05, 0) is 36.9 Å². The Hall–Kier alpha value is -2.88. The van der Waals surface area contributed by atoms with Crippen LogP contribution in [0.4, 0.5) is 5.69 Å². The molecule has 1 heterocycles. The second-order valence-corrected chi connectivity index (χ2v) is 7.56. The van der Waals surface area contributed by atoms with Crippen LogP contribution in [0, 0.1) is 11.3 Å². The van der Waals surface area contributed by atoms with Gasteiger partial charge in [-0.3, -0.25) is 4.79 Å². The summed E-state index contributed by atoms with van der Waals surface area (Å²) in [4.78, 5) is 13.4. The predicted molar refractivity (Wildman–Crippen MR) is 118 cm³/mol. The summed E-state index contributed by atoms with van der Waals surface area (Å²) in [7, 11) is 1.55. The van der Waals surface area contributed by atoms with E-state index >= 15 is 0 Å². The molecule has 1 unspecified atom stereocenters. The van der Waals surface area contributed by atoms with E-state index in [-0.39, 0.29) is 5.91 Å². The molecule has 0 spiro atoms. The largest absolute Gasteiger partial charge is 0.495 e. The Kier molecular flexibility index (Phi) is 6.53. The number of anilines is 1. The van der Waals surface area contributed by atoms with E-state index in [0.29, 0.717) is 43.9 Å². The van der Waals surface area contributed by atoms with Crippen LogP contribution in [0.15, 0.2) is 70.4 Å². The molecule has 0 bridgehead atoms. The van der Waals surface area contributed by atoms with E-state index in [1.807, 2.05) is 43.5 Å². The molecule has 0 saturated carbocycles. The fourth-order valence-corrected chi connectivity index (χ4v) is 4.22. The molecule has 1 aliphatic heterocycles. The average molecular weight is 426 g/mol. The first-order chi connectivity index (χ1) is 14.0. The first kappa shape index (κ1) is 20.8. The Bertz CT molecular complexity index is 1060. The number of ether oxygens (including phenoxy) is 1. The van der Waals surface area contributed by atoms with Crippen molar-refractivity contribution in [3.63, 3.8) is 0 Å². The van der Waals surface area contributed by atoms with Crippen molar-refractivity contribution >= 4 is 35.0 Å². The number of thioether (sulfide) groups is 1. The fourth-order valence-electron chi connectivity index (χ4n) is 3.33. The van der Waals surface area contributed by atoms with E-state index in [1.54, 1.807) is 25.3 Å². The van der Waals surface area contributed by atoms with Crippen LogP contribution in [0.1, 0.15) is 18.4 Å². The van der Waals surface area contributed by atoms with E-state index in [2.05, 4.69) is 16.7 Å². The lowest BCUT2D eigenvalue weighted by atomic mass is 9.82. The minimum absolute atomic E-state index is 0.322. The number of carbonyl (C=O) groups is 1. The smallest absolute Gasteiger partial charge is 0.254 e. The number of nitrogens with one attached hydrogen (secondary N) is 2. The van der Waals surface area contributed by atoms with Crippen molar-refractivity contribution in [2.24, 2.45) is 0 Å². The zero-order valence-corrected chi connectivity index (χ0v) is 17.8. The van der Waals surface area contributed by atoms with Gasteiger partial charge in [0.1, 0.15) is 5.75 Å². The molecule has 5 nitrogen and oxygen atoms in total. The maximum atomic E-state index is 13.4. The lowest BCUT2D eigenvalue weighted by Gasteiger charge is -2.30. The zero-order valence-electron chi connectivity index (χ0n) is 16.2. The number of rotatable bonds is 5. The molecule has 3 rings (SSSR count). The third-order valence-electron chi connectivity index (χ3n) is 4.67. The molecule has 29 heavy (non-hydrogen) atoms. The predicted octanol–water partition coefficient (Wildman–Crippen LogP) is 5.05. The summed E-state index contributed by atoms with van der Waals surface area (Å²) in [6, 6.07) is 16.7. The van der Waals surface area contributed by atoms with E-state index in [1.165, 1.54) is 11.8 Å². The van der Waals surface area contributed by atoms with Crippen LogP contribution in [0.25, 0.3) is 0 Å². The van der Waals surface area contributed by atoms with Crippen molar-refractivity contribution in [2.45, 2.75) is 12.8 Å². The van der Waals surface area contributed by atoms with Crippen LogP contribution in [0.2, 0.25) is 5.02 Å². The van der Waals surface area contributed by atoms with E-state index in [0.717, 1.165) is 0 Å². The Balaban J connectivity index is 2.11. The molecule has 148 valence electrons. The number of amides is 1. The van der Waals surface area contributed by atoms with Gasteiger partial charge in [-0.2, -0.15) is 5.26 Å². The number of carbonyl (C=O) groups excluding carboxylic acids is 1. The van der Waals surface area contributed by atoms with Crippen LogP contribution in [0.3, 0.4) is 0 Å². The number of nitriles is 1. The fraction of sp³-hybridized carbons (Fsp3) is 0.182. The number of dihydropyridines is 1. The highest BCUT2D eigenvalue weighted by Crippen LogP contribution is 2.42. The molecule has 1 atom stereocenters. The molecule has 1 aliphatic rings. The van der Waals surface area contributed by atoms with Crippen LogP contribution >= 0.6 is 23.4 Å². The van der Waals surface area contributed by atoms with Crippen molar-refractivity contribution in [1.82, 2.24) is 5.32 Å².